The number of benzene rings is 4. The number of carbonyl (C=O) groups is 2. The molecule has 0 aliphatic rings. The highest BCUT2D eigenvalue weighted by molar-refractivity contribution is 9.11. The van der Waals surface area contributed by atoms with E-state index in [9.17, 15) is 25.0 Å². The van der Waals surface area contributed by atoms with Crippen molar-refractivity contribution in [2.45, 2.75) is 0 Å². The largest absolute Gasteiger partial charge is 0.493 e. The smallest absolute Gasteiger partial charge is 0.344 e. The number of methoxy groups -OCH3 is 1. The minimum atomic E-state index is -0.728. The van der Waals surface area contributed by atoms with Crippen LogP contribution < -0.4 is 14.8 Å². The number of hydrogen-bond donors (Lipinski definition) is 1. The molecule has 0 radical (unpaired) electrons. The molecule has 4 aromatic carbocycles. The number of hydrogen-bond acceptors (Lipinski definition) is 7. The first-order valence-electron chi connectivity index (χ1n) is 11.2. The number of non-ortho nitro benzene ring substituents is 1. The van der Waals surface area contributed by atoms with Gasteiger partial charge in [0.15, 0.2) is 11.5 Å². The van der Waals surface area contributed by atoms with Crippen molar-refractivity contribution in [3.8, 4) is 17.6 Å². The zero-order valence-corrected chi connectivity index (χ0v) is 23.3. The van der Waals surface area contributed by atoms with Gasteiger partial charge in [0.05, 0.1) is 27.8 Å². The lowest BCUT2D eigenvalue weighted by atomic mass is 10.0. The van der Waals surface area contributed by atoms with Crippen molar-refractivity contribution in [2.24, 2.45) is 0 Å². The van der Waals surface area contributed by atoms with Crippen LogP contribution in [-0.4, -0.2) is 23.9 Å². The van der Waals surface area contributed by atoms with Gasteiger partial charge < -0.3 is 14.8 Å². The average molecular weight is 651 g/mol. The Hall–Kier alpha value is -4.53. The molecule has 0 spiro atoms. The second kappa shape index (κ2) is 11.9. The Morgan fingerprint density at radius 2 is 1.77 bits per heavy atom. The highest BCUT2D eigenvalue weighted by Crippen LogP contribution is 2.38. The van der Waals surface area contributed by atoms with Gasteiger partial charge in [-0.05, 0) is 78.5 Å². The number of esters is 1. The van der Waals surface area contributed by atoms with Crippen molar-refractivity contribution in [1.29, 1.82) is 5.26 Å². The van der Waals surface area contributed by atoms with E-state index in [1.54, 1.807) is 18.2 Å². The topological polar surface area (TPSA) is 132 Å². The van der Waals surface area contributed by atoms with Gasteiger partial charge in [-0.25, -0.2) is 4.79 Å². The predicted molar refractivity (Wildman–Crippen MR) is 153 cm³/mol. The normalized spacial score (nSPS) is 11.0. The molecule has 0 heterocycles. The SMILES string of the molecule is COc1cc(/C=C(\C#N)C(=O)Nc2ccc([N+](=O)[O-])cc2Br)cc(Br)c1OC(=O)c1cccc2ccccc12. The summed E-state index contributed by atoms with van der Waals surface area (Å²) in [4.78, 5) is 36.2. The maximum Gasteiger partial charge on any atom is 0.344 e. The second-order valence-corrected chi connectivity index (χ2v) is 9.70. The molecule has 0 saturated carbocycles. The number of nitro groups is 1. The molecule has 0 atom stereocenters. The van der Waals surface area contributed by atoms with Crippen LogP contribution in [0.15, 0.2) is 87.3 Å². The van der Waals surface area contributed by atoms with Gasteiger partial charge in [0.2, 0.25) is 0 Å². The first-order chi connectivity index (χ1) is 18.7. The fraction of sp³-hybridized carbons (Fsp3) is 0.0357. The van der Waals surface area contributed by atoms with Crippen molar-refractivity contribution >= 4 is 72.0 Å². The molecule has 0 fully saturated rings. The van der Waals surface area contributed by atoms with Gasteiger partial charge in [0, 0.05) is 16.6 Å². The Morgan fingerprint density at radius 1 is 1.03 bits per heavy atom. The van der Waals surface area contributed by atoms with Crippen LogP contribution in [0.1, 0.15) is 15.9 Å². The predicted octanol–water partition coefficient (Wildman–Crippen LogP) is 7.05. The average Bonchev–Trinajstić information content (AvgIpc) is 2.93. The molecule has 0 aliphatic carbocycles. The Bertz CT molecular complexity index is 1710. The molecule has 4 aromatic rings. The standard InChI is InChI=1S/C28H17Br2N3O6/c1-38-25-13-16(11-18(15-31)27(34)32-24-10-9-19(33(36)37)14-22(24)29)12-23(30)26(25)39-28(35)21-8-4-6-17-5-2-3-7-20(17)21/h2-14H,1H3,(H,32,34)/b18-11+. The number of rotatable bonds is 7. The molecule has 11 heteroatoms. The zero-order valence-electron chi connectivity index (χ0n) is 20.1. The van der Waals surface area contributed by atoms with E-state index in [1.807, 2.05) is 36.4 Å². The summed E-state index contributed by atoms with van der Waals surface area (Å²) >= 11 is 6.57. The van der Waals surface area contributed by atoms with Crippen LogP contribution >= 0.6 is 31.9 Å². The van der Waals surface area contributed by atoms with Crippen molar-refractivity contribution in [3.05, 3.63) is 109 Å². The van der Waals surface area contributed by atoms with E-state index in [0.29, 0.717) is 15.6 Å². The minimum absolute atomic E-state index is 0.130. The number of ether oxygens (including phenoxy) is 2. The summed E-state index contributed by atoms with van der Waals surface area (Å²) in [5, 5.41) is 24.7. The number of nitriles is 1. The van der Waals surface area contributed by atoms with Gasteiger partial charge in [0.1, 0.15) is 11.6 Å². The lowest BCUT2D eigenvalue weighted by Gasteiger charge is -2.13. The van der Waals surface area contributed by atoms with E-state index in [0.717, 1.165) is 10.8 Å². The fourth-order valence-corrected chi connectivity index (χ4v) is 4.70. The van der Waals surface area contributed by atoms with Gasteiger partial charge in [-0.3, -0.25) is 14.9 Å². The van der Waals surface area contributed by atoms with Gasteiger partial charge in [-0.15, -0.1) is 0 Å². The molecular formula is C28H17Br2N3O6. The first kappa shape index (κ1) is 27.5. The zero-order chi connectivity index (χ0) is 28.1. The Morgan fingerprint density at radius 3 is 2.46 bits per heavy atom. The lowest BCUT2D eigenvalue weighted by Crippen LogP contribution is -2.14. The summed E-state index contributed by atoms with van der Waals surface area (Å²) < 4.78 is 11.8. The molecule has 194 valence electrons. The molecule has 0 aliphatic heterocycles. The third-order valence-electron chi connectivity index (χ3n) is 5.54. The quantitative estimate of drug-likeness (QED) is 0.0566. The fourth-order valence-electron chi connectivity index (χ4n) is 3.70. The van der Waals surface area contributed by atoms with E-state index in [2.05, 4.69) is 37.2 Å². The van der Waals surface area contributed by atoms with Gasteiger partial charge in [-0.1, -0.05) is 36.4 Å². The summed E-state index contributed by atoms with van der Waals surface area (Å²) in [6.45, 7) is 0. The Kier molecular flexibility index (Phi) is 8.39. The van der Waals surface area contributed by atoms with Crippen molar-refractivity contribution in [2.75, 3.05) is 12.4 Å². The van der Waals surface area contributed by atoms with E-state index in [4.69, 9.17) is 9.47 Å². The third kappa shape index (κ3) is 6.14. The number of nitrogens with zero attached hydrogens (tertiary/aromatic N) is 2. The summed E-state index contributed by atoms with van der Waals surface area (Å²) in [7, 11) is 1.40. The van der Waals surface area contributed by atoms with Gasteiger partial charge in [-0.2, -0.15) is 5.26 Å². The number of amides is 1. The highest BCUT2D eigenvalue weighted by Gasteiger charge is 2.20. The van der Waals surface area contributed by atoms with Gasteiger partial charge >= 0.3 is 5.97 Å². The molecule has 9 nitrogen and oxygen atoms in total. The molecule has 1 N–H and O–H groups in total. The van der Waals surface area contributed by atoms with Crippen LogP contribution in [0, 0.1) is 21.4 Å². The maximum atomic E-state index is 13.1. The van der Waals surface area contributed by atoms with Gasteiger partial charge in [0.25, 0.3) is 11.6 Å². The van der Waals surface area contributed by atoms with Crippen molar-refractivity contribution in [1.82, 2.24) is 0 Å². The van der Waals surface area contributed by atoms with E-state index < -0.39 is 16.8 Å². The molecule has 0 bridgehead atoms. The summed E-state index contributed by atoms with van der Waals surface area (Å²) in [6.07, 6.45) is 1.33. The van der Waals surface area contributed by atoms with Crippen LogP contribution in [0.2, 0.25) is 0 Å². The van der Waals surface area contributed by atoms with Crippen LogP contribution in [0.4, 0.5) is 11.4 Å². The molecule has 39 heavy (non-hydrogen) atoms. The lowest BCUT2D eigenvalue weighted by molar-refractivity contribution is -0.384. The first-order valence-corrected chi connectivity index (χ1v) is 12.7. The Labute approximate surface area is 239 Å². The Balaban J connectivity index is 1.60. The van der Waals surface area contributed by atoms with Crippen molar-refractivity contribution < 1.29 is 24.0 Å². The number of fused-ring (bicyclic) bond motifs is 1. The number of carbonyl (C=O) groups excluding carboxylic acids is 2. The monoisotopic (exact) mass is 649 g/mol. The number of halogens is 2. The number of nitrogens with one attached hydrogen (secondary N) is 1. The molecule has 0 saturated heterocycles. The summed E-state index contributed by atoms with van der Waals surface area (Å²) in [5.41, 5.74) is 0.648. The number of nitro benzene ring substituents is 1. The summed E-state index contributed by atoms with van der Waals surface area (Å²) in [5.74, 6) is -0.987. The van der Waals surface area contributed by atoms with E-state index in [1.165, 1.54) is 37.5 Å². The second-order valence-electron chi connectivity index (χ2n) is 8.00. The molecular weight excluding hydrogens is 634 g/mol. The van der Waals surface area contributed by atoms with Crippen LogP contribution in [0.25, 0.3) is 16.8 Å². The van der Waals surface area contributed by atoms with E-state index >= 15 is 0 Å². The third-order valence-corrected chi connectivity index (χ3v) is 6.79. The van der Waals surface area contributed by atoms with Crippen LogP contribution in [0.5, 0.6) is 11.5 Å². The molecule has 1 amide bonds. The molecule has 0 aromatic heterocycles. The minimum Gasteiger partial charge on any atom is -0.493 e. The maximum absolute atomic E-state index is 13.1. The van der Waals surface area contributed by atoms with Crippen molar-refractivity contribution in [3.63, 3.8) is 0 Å². The molecule has 0 unspecified atom stereocenters. The van der Waals surface area contributed by atoms with Crippen LogP contribution in [-0.2, 0) is 4.79 Å². The number of anilines is 1. The van der Waals surface area contributed by atoms with Crippen LogP contribution in [0.3, 0.4) is 0 Å². The van der Waals surface area contributed by atoms with E-state index in [-0.39, 0.29) is 32.9 Å². The summed E-state index contributed by atoms with van der Waals surface area (Å²) in [6, 6.07) is 21.5. The highest BCUT2D eigenvalue weighted by atomic mass is 79.9. The molecule has 4 rings (SSSR count).